The van der Waals surface area contributed by atoms with E-state index >= 15 is 0 Å². The van der Waals surface area contributed by atoms with Gasteiger partial charge >= 0.3 is 0 Å². The van der Waals surface area contributed by atoms with E-state index in [0.717, 1.165) is 18.4 Å². The Balaban J connectivity index is 1.50. The topological polar surface area (TPSA) is 59.8 Å². The summed E-state index contributed by atoms with van der Waals surface area (Å²) in [4.78, 5) is 12.5. The molecule has 4 rings (SSSR count). The molecule has 1 amide bonds. The smallest absolute Gasteiger partial charge is 0.273 e. The number of aromatic nitrogens is 3. The van der Waals surface area contributed by atoms with Gasteiger partial charge in [0.25, 0.3) is 5.91 Å². The van der Waals surface area contributed by atoms with Gasteiger partial charge in [-0.05, 0) is 37.0 Å². The monoisotopic (exact) mass is 350 g/mol. The van der Waals surface area contributed by atoms with Crippen LogP contribution in [0.4, 0.5) is 4.39 Å². The van der Waals surface area contributed by atoms with E-state index in [9.17, 15) is 9.18 Å². The number of hydrogen-bond donors (Lipinski definition) is 1. The van der Waals surface area contributed by atoms with Gasteiger partial charge in [0.2, 0.25) is 0 Å². The summed E-state index contributed by atoms with van der Waals surface area (Å²) in [6.45, 7) is 1.82. The molecule has 0 fully saturated rings. The second kappa shape index (κ2) is 6.71. The lowest BCUT2D eigenvalue weighted by Gasteiger charge is -2.13. The molecule has 1 heterocycles. The van der Waals surface area contributed by atoms with Crippen LogP contribution in [0.25, 0.3) is 0 Å². The highest BCUT2D eigenvalue weighted by Crippen LogP contribution is 2.30. The van der Waals surface area contributed by atoms with Crippen LogP contribution in [-0.4, -0.2) is 20.9 Å². The summed E-state index contributed by atoms with van der Waals surface area (Å²) >= 11 is 0. The number of hydrogen-bond acceptors (Lipinski definition) is 3. The average molecular weight is 350 g/mol. The molecule has 2 aromatic carbocycles. The molecule has 0 radical (unpaired) electrons. The van der Waals surface area contributed by atoms with Gasteiger partial charge in [-0.1, -0.05) is 47.7 Å². The lowest BCUT2D eigenvalue weighted by molar-refractivity contribution is 0.0931. The Kier molecular flexibility index (Phi) is 4.24. The average Bonchev–Trinajstić information content (AvgIpc) is 3.29. The molecule has 5 nitrogen and oxygen atoms in total. The maximum Gasteiger partial charge on any atom is 0.273 e. The fourth-order valence-electron chi connectivity index (χ4n) is 3.47. The van der Waals surface area contributed by atoms with Crippen LogP contribution in [0.5, 0.6) is 0 Å². The van der Waals surface area contributed by atoms with Gasteiger partial charge in [-0.2, -0.15) is 0 Å². The van der Waals surface area contributed by atoms with Crippen molar-refractivity contribution in [1.29, 1.82) is 0 Å². The van der Waals surface area contributed by atoms with E-state index in [1.807, 2.05) is 25.1 Å². The number of carbonyl (C=O) groups is 1. The molecule has 26 heavy (non-hydrogen) atoms. The van der Waals surface area contributed by atoms with Crippen LogP contribution >= 0.6 is 0 Å². The predicted molar refractivity (Wildman–Crippen MR) is 95.2 cm³/mol. The van der Waals surface area contributed by atoms with Gasteiger partial charge < -0.3 is 5.32 Å². The highest BCUT2D eigenvalue weighted by atomic mass is 19.1. The Bertz CT molecular complexity index is 952. The van der Waals surface area contributed by atoms with Crippen molar-refractivity contribution in [3.8, 4) is 0 Å². The van der Waals surface area contributed by atoms with E-state index in [1.54, 1.807) is 24.4 Å². The Labute approximate surface area is 150 Å². The van der Waals surface area contributed by atoms with E-state index < -0.39 is 0 Å². The number of benzene rings is 2. The summed E-state index contributed by atoms with van der Waals surface area (Å²) in [5.74, 6) is -0.567. The third kappa shape index (κ3) is 2.98. The molecule has 1 aliphatic rings. The first-order chi connectivity index (χ1) is 12.6. The molecule has 0 unspecified atom stereocenters. The van der Waals surface area contributed by atoms with Crippen molar-refractivity contribution in [2.45, 2.75) is 31.8 Å². The van der Waals surface area contributed by atoms with Gasteiger partial charge in [0.1, 0.15) is 5.82 Å². The Morgan fingerprint density at radius 3 is 2.85 bits per heavy atom. The molecule has 6 heteroatoms. The number of halogens is 1. The van der Waals surface area contributed by atoms with Crippen LogP contribution in [0.3, 0.4) is 0 Å². The molecule has 1 aromatic heterocycles. The van der Waals surface area contributed by atoms with Crippen LogP contribution < -0.4 is 5.32 Å². The van der Waals surface area contributed by atoms with Crippen LogP contribution in [-0.2, 0) is 6.42 Å². The molecular formula is C20H19FN4O. The zero-order valence-electron chi connectivity index (χ0n) is 14.4. The maximum atomic E-state index is 14.0. The van der Waals surface area contributed by atoms with Gasteiger partial charge in [-0.15, -0.1) is 5.10 Å². The fourth-order valence-corrected chi connectivity index (χ4v) is 3.47. The van der Waals surface area contributed by atoms with Crippen molar-refractivity contribution >= 4 is 5.91 Å². The van der Waals surface area contributed by atoms with Gasteiger partial charge in [0, 0.05) is 5.56 Å². The van der Waals surface area contributed by atoms with E-state index in [4.69, 9.17) is 0 Å². The molecule has 0 aliphatic heterocycles. The third-order valence-electron chi connectivity index (χ3n) is 4.93. The molecule has 0 saturated carbocycles. The van der Waals surface area contributed by atoms with Gasteiger partial charge in [0.15, 0.2) is 5.69 Å². The zero-order chi connectivity index (χ0) is 18.1. The molecule has 0 saturated heterocycles. The first kappa shape index (κ1) is 16.4. The number of nitrogens with one attached hydrogen (secondary N) is 1. The minimum atomic E-state index is -0.350. The molecule has 132 valence electrons. The SMILES string of the molecule is C[C@@H](c1ccccc1F)n1cc(C(=O)N[C@H]2CCc3ccccc32)nn1. The highest BCUT2D eigenvalue weighted by Gasteiger charge is 2.25. The lowest BCUT2D eigenvalue weighted by atomic mass is 10.1. The van der Waals surface area contributed by atoms with E-state index in [-0.39, 0.29) is 29.5 Å². The van der Waals surface area contributed by atoms with Crippen molar-refractivity contribution in [3.05, 3.63) is 82.9 Å². The van der Waals surface area contributed by atoms with Crippen LogP contribution in [0.2, 0.25) is 0 Å². The summed E-state index contributed by atoms with van der Waals surface area (Å²) in [7, 11) is 0. The lowest BCUT2D eigenvalue weighted by Crippen LogP contribution is -2.27. The Morgan fingerprint density at radius 2 is 2.00 bits per heavy atom. The number of fused-ring (bicyclic) bond motifs is 1. The van der Waals surface area contributed by atoms with Crippen molar-refractivity contribution < 1.29 is 9.18 Å². The standard InChI is InChI=1S/C20H19FN4O/c1-13(15-7-4-5-9-17(15)21)25-12-19(23-24-25)20(26)22-18-11-10-14-6-2-3-8-16(14)18/h2-9,12-13,18H,10-11H2,1H3,(H,22,26)/t13-,18-/m0/s1. The second-order valence-corrected chi connectivity index (χ2v) is 6.54. The van der Waals surface area contributed by atoms with Gasteiger partial charge in [-0.25, -0.2) is 9.07 Å². The zero-order valence-corrected chi connectivity index (χ0v) is 14.4. The molecule has 0 spiro atoms. The Hall–Kier alpha value is -3.02. The number of nitrogens with zero attached hydrogens (tertiary/aromatic N) is 3. The van der Waals surface area contributed by atoms with Gasteiger partial charge in [-0.3, -0.25) is 4.79 Å². The number of carbonyl (C=O) groups excluding carboxylic acids is 1. The first-order valence-corrected chi connectivity index (χ1v) is 8.68. The first-order valence-electron chi connectivity index (χ1n) is 8.68. The fraction of sp³-hybridized carbons (Fsp3) is 0.250. The number of amides is 1. The molecule has 3 aromatic rings. The van der Waals surface area contributed by atoms with Crippen LogP contribution in [0, 0.1) is 5.82 Å². The molecular weight excluding hydrogens is 331 g/mol. The van der Waals surface area contributed by atoms with Crippen molar-refractivity contribution in [2.75, 3.05) is 0 Å². The van der Waals surface area contributed by atoms with E-state index in [2.05, 4.69) is 21.7 Å². The van der Waals surface area contributed by atoms with E-state index in [0.29, 0.717) is 5.56 Å². The van der Waals surface area contributed by atoms with Gasteiger partial charge in [0.05, 0.1) is 18.3 Å². The van der Waals surface area contributed by atoms with Crippen molar-refractivity contribution in [2.24, 2.45) is 0 Å². The summed E-state index contributed by atoms with van der Waals surface area (Å²) in [5.41, 5.74) is 3.18. The summed E-state index contributed by atoms with van der Waals surface area (Å²) < 4.78 is 15.5. The number of rotatable bonds is 4. The summed E-state index contributed by atoms with van der Waals surface area (Å²) in [5, 5.41) is 11.0. The minimum absolute atomic E-state index is 0.00663. The van der Waals surface area contributed by atoms with Crippen LogP contribution in [0.15, 0.2) is 54.7 Å². The summed E-state index contributed by atoms with van der Waals surface area (Å²) in [6.07, 6.45) is 3.40. The molecule has 2 atom stereocenters. The normalized spacial score (nSPS) is 16.9. The maximum absolute atomic E-state index is 14.0. The predicted octanol–water partition coefficient (Wildman–Crippen LogP) is 3.44. The van der Waals surface area contributed by atoms with Crippen molar-refractivity contribution in [3.63, 3.8) is 0 Å². The molecule has 1 aliphatic carbocycles. The Morgan fingerprint density at radius 1 is 1.23 bits per heavy atom. The quantitative estimate of drug-likeness (QED) is 0.784. The second-order valence-electron chi connectivity index (χ2n) is 6.54. The highest BCUT2D eigenvalue weighted by molar-refractivity contribution is 5.92. The summed E-state index contributed by atoms with van der Waals surface area (Å²) in [6, 6.07) is 14.3. The number of aryl methyl sites for hydroxylation is 1. The van der Waals surface area contributed by atoms with E-state index in [1.165, 1.54) is 16.3 Å². The molecule has 0 bridgehead atoms. The largest absolute Gasteiger partial charge is 0.344 e. The third-order valence-corrected chi connectivity index (χ3v) is 4.93. The molecule has 1 N–H and O–H groups in total. The van der Waals surface area contributed by atoms with Crippen LogP contribution in [0.1, 0.15) is 52.6 Å². The minimum Gasteiger partial charge on any atom is -0.344 e. The van der Waals surface area contributed by atoms with Crippen molar-refractivity contribution in [1.82, 2.24) is 20.3 Å².